The Morgan fingerprint density at radius 2 is 2.12 bits per heavy atom. The maximum Gasteiger partial charge on any atom is 0.319 e. The van der Waals surface area contributed by atoms with Crippen LogP contribution in [0.2, 0.25) is 5.02 Å². The Kier molecular flexibility index (Phi) is 5.85. The van der Waals surface area contributed by atoms with Gasteiger partial charge in [0, 0.05) is 24.2 Å². The van der Waals surface area contributed by atoms with E-state index >= 15 is 0 Å². The average Bonchev–Trinajstić information content (AvgIpc) is 3.24. The van der Waals surface area contributed by atoms with Crippen LogP contribution in [-0.4, -0.2) is 43.7 Å². The van der Waals surface area contributed by atoms with Gasteiger partial charge in [0.05, 0.1) is 12.8 Å². The van der Waals surface area contributed by atoms with Gasteiger partial charge in [-0.15, -0.1) is 0 Å². The topological polar surface area (TPSA) is 53.6 Å². The smallest absolute Gasteiger partial charge is 0.319 e. The monoisotopic (exact) mass is 351 g/mol. The van der Waals surface area contributed by atoms with E-state index in [1.54, 1.807) is 25.3 Å². The molecule has 2 fully saturated rings. The van der Waals surface area contributed by atoms with Crippen LogP contribution in [0.15, 0.2) is 18.2 Å². The quantitative estimate of drug-likeness (QED) is 0.849. The lowest BCUT2D eigenvalue weighted by atomic mass is 10.1. The molecule has 2 amide bonds. The summed E-state index contributed by atoms with van der Waals surface area (Å²) < 4.78 is 5.24. The molecule has 6 heteroatoms. The number of carbonyl (C=O) groups is 1. The van der Waals surface area contributed by atoms with E-state index < -0.39 is 0 Å². The normalized spacial score (nSPS) is 21.8. The second kappa shape index (κ2) is 8.08. The Hall–Kier alpha value is -1.46. The van der Waals surface area contributed by atoms with Gasteiger partial charge in [-0.1, -0.05) is 24.4 Å². The third kappa shape index (κ3) is 4.33. The van der Waals surface area contributed by atoms with Crippen LogP contribution in [0.1, 0.15) is 32.1 Å². The Labute approximate surface area is 148 Å². The van der Waals surface area contributed by atoms with E-state index in [1.165, 1.54) is 32.2 Å². The van der Waals surface area contributed by atoms with Crippen molar-refractivity contribution in [1.29, 1.82) is 0 Å². The molecular formula is C18H26ClN3O2. The summed E-state index contributed by atoms with van der Waals surface area (Å²) >= 11 is 5.98. The molecule has 0 unspecified atom stereocenters. The van der Waals surface area contributed by atoms with Gasteiger partial charge in [0.2, 0.25) is 0 Å². The lowest BCUT2D eigenvalue weighted by Crippen LogP contribution is -2.35. The summed E-state index contributed by atoms with van der Waals surface area (Å²) in [5.74, 6) is 1.14. The lowest BCUT2D eigenvalue weighted by Gasteiger charge is -2.23. The summed E-state index contributed by atoms with van der Waals surface area (Å²) in [6.07, 6.45) is 6.59. The fourth-order valence-electron chi connectivity index (χ4n) is 3.81. The zero-order chi connectivity index (χ0) is 16.9. The Morgan fingerprint density at radius 1 is 1.33 bits per heavy atom. The highest BCUT2D eigenvalue weighted by molar-refractivity contribution is 6.31. The van der Waals surface area contributed by atoms with Crippen molar-refractivity contribution < 1.29 is 9.53 Å². The average molecular weight is 352 g/mol. The molecule has 24 heavy (non-hydrogen) atoms. The van der Waals surface area contributed by atoms with Crippen LogP contribution in [0, 0.1) is 5.92 Å². The van der Waals surface area contributed by atoms with E-state index in [9.17, 15) is 4.79 Å². The molecule has 3 rings (SSSR count). The van der Waals surface area contributed by atoms with Gasteiger partial charge in [0.15, 0.2) is 0 Å². The minimum absolute atomic E-state index is 0.213. The fraction of sp³-hybridized carbons (Fsp3) is 0.611. The highest BCUT2D eigenvalue weighted by atomic mass is 35.5. The van der Waals surface area contributed by atoms with E-state index in [0.717, 1.165) is 19.0 Å². The van der Waals surface area contributed by atoms with E-state index in [4.69, 9.17) is 16.3 Å². The Bertz CT molecular complexity index is 575. The second-order valence-corrected chi connectivity index (χ2v) is 7.20. The van der Waals surface area contributed by atoms with Crippen LogP contribution >= 0.6 is 11.6 Å². The third-order valence-corrected chi connectivity index (χ3v) is 5.35. The number of hydrogen-bond donors (Lipinski definition) is 2. The van der Waals surface area contributed by atoms with Crippen molar-refractivity contribution >= 4 is 23.3 Å². The van der Waals surface area contributed by atoms with Crippen molar-refractivity contribution in [2.45, 2.75) is 38.1 Å². The van der Waals surface area contributed by atoms with Gasteiger partial charge < -0.3 is 20.3 Å². The van der Waals surface area contributed by atoms with E-state index in [0.29, 0.717) is 28.9 Å². The van der Waals surface area contributed by atoms with Crippen molar-refractivity contribution in [1.82, 2.24) is 10.2 Å². The third-order valence-electron chi connectivity index (χ3n) is 5.12. The number of nitrogens with one attached hydrogen (secondary N) is 2. The molecule has 2 aliphatic rings. The molecule has 0 bridgehead atoms. The van der Waals surface area contributed by atoms with E-state index in [-0.39, 0.29) is 6.03 Å². The number of benzene rings is 1. The molecule has 1 heterocycles. The first-order valence-corrected chi connectivity index (χ1v) is 9.16. The first-order valence-electron chi connectivity index (χ1n) is 8.78. The summed E-state index contributed by atoms with van der Waals surface area (Å²) in [7, 11) is 1.57. The molecule has 1 aromatic rings. The molecule has 1 atom stereocenters. The molecule has 5 nitrogen and oxygen atoms in total. The van der Waals surface area contributed by atoms with Gasteiger partial charge in [-0.3, -0.25) is 0 Å². The van der Waals surface area contributed by atoms with E-state index in [2.05, 4.69) is 15.5 Å². The summed E-state index contributed by atoms with van der Waals surface area (Å²) in [5.41, 5.74) is 0.585. The summed E-state index contributed by atoms with van der Waals surface area (Å²) in [6, 6.07) is 5.74. The summed E-state index contributed by atoms with van der Waals surface area (Å²) in [6.45, 7) is 2.98. The molecule has 132 valence electrons. The zero-order valence-corrected chi connectivity index (χ0v) is 14.9. The number of ether oxygens (including phenoxy) is 1. The number of hydrogen-bond acceptors (Lipinski definition) is 3. The molecule has 0 radical (unpaired) electrons. The second-order valence-electron chi connectivity index (χ2n) is 6.77. The van der Waals surface area contributed by atoms with Crippen LogP contribution in [0.3, 0.4) is 0 Å². The van der Waals surface area contributed by atoms with Crippen molar-refractivity contribution in [2.24, 2.45) is 5.92 Å². The Balaban J connectivity index is 1.45. The first-order chi connectivity index (χ1) is 11.7. The molecule has 2 N–H and O–H groups in total. The van der Waals surface area contributed by atoms with Crippen LogP contribution in [0.25, 0.3) is 0 Å². The standard InChI is InChI=1S/C18H26ClN3O2/c1-24-17-7-6-14(19)10-16(17)21-18(23)20-11-13-8-9-22(12-13)15-4-2-3-5-15/h6-7,10,13,15H,2-5,8-9,11-12H2,1H3,(H2,20,21,23)/t13-/m0/s1. The SMILES string of the molecule is COc1ccc(Cl)cc1NC(=O)NC[C@@H]1CCN(C2CCCC2)C1. The van der Waals surface area contributed by atoms with Crippen molar-refractivity contribution in [3.05, 3.63) is 23.2 Å². The molecule has 0 spiro atoms. The van der Waals surface area contributed by atoms with Gasteiger partial charge in [0.1, 0.15) is 5.75 Å². The summed E-state index contributed by atoms with van der Waals surface area (Å²) in [4.78, 5) is 14.8. The van der Waals surface area contributed by atoms with E-state index in [1.807, 2.05) is 0 Å². The van der Waals surface area contributed by atoms with Crippen LogP contribution in [0.5, 0.6) is 5.75 Å². The maximum absolute atomic E-state index is 12.2. The van der Waals surface area contributed by atoms with Gasteiger partial charge in [-0.25, -0.2) is 4.79 Å². The maximum atomic E-state index is 12.2. The highest BCUT2D eigenvalue weighted by Gasteiger charge is 2.29. The van der Waals surface area contributed by atoms with Crippen LogP contribution in [-0.2, 0) is 0 Å². The zero-order valence-electron chi connectivity index (χ0n) is 14.2. The fourth-order valence-corrected chi connectivity index (χ4v) is 3.98. The molecule has 1 saturated heterocycles. The Morgan fingerprint density at radius 3 is 2.88 bits per heavy atom. The minimum Gasteiger partial charge on any atom is -0.495 e. The predicted molar refractivity (Wildman–Crippen MR) is 97.0 cm³/mol. The van der Waals surface area contributed by atoms with Gasteiger partial charge in [-0.2, -0.15) is 0 Å². The van der Waals surface area contributed by atoms with Crippen molar-refractivity contribution in [3.63, 3.8) is 0 Å². The van der Waals surface area contributed by atoms with Gasteiger partial charge >= 0.3 is 6.03 Å². The highest BCUT2D eigenvalue weighted by Crippen LogP contribution is 2.29. The van der Waals surface area contributed by atoms with Gasteiger partial charge in [-0.05, 0) is 49.9 Å². The first kappa shape index (κ1) is 17.4. The van der Waals surface area contributed by atoms with Gasteiger partial charge in [0.25, 0.3) is 0 Å². The molecule has 1 aliphatic carbocycles. The number of anilines is 1. The predicted octanol–water partition coefficient (Wildman–Crippen LogP) is 3.73. The summed E-state index contributed by atoms with van der Waals surface area (Å²) in [5, 5.41) is 6.36. The van der Waals surface area contributed by atoms with Crippen molar-refractivity contribution in [3.8, 4) is 5.75 Å². The van der Waals surface area contributed by atoms with Crippen molar-refractivity contribution in [2.75, 3.05) is 32.1 Å². The number of amides is 2. The minimum atomic E-state index is -0.213. The number of carbonyl (C=O) groups excluding carboxylic acids is 1. The molecular weight excluding hydrogens is 326 g/mol. The number of methoxy groups -OCH3 is 1. The molecule has 1 aliphatic heterocycles. The lowest BCUT2D eigenvalue weighted by molar-refractivity contribution is 0.234. The molecule has 0 aromatic heterocycles. The van der Waals surface area contributed by atoms with Crippen LogP contribution in [0.4, 0.5) is 10.5 Å². The largest absolute Gasteiger partial charge is 0.495 e. The number of likely N-dealkylation sites (tertiary alicyclic amines) is 1. The number of urea groups is 1. The van der Waals surface area contributed by atoms with Crippen LogP contribution < -0.4 is 15.4 Å². The molecule has 1 aromatic carbocycles. The molecule has 1 saturated carbocycles. The number of nitrogens with zero attached hydrogens (tertiary/aromatic N) is 1. The number of rotatable bonds is 5. The number of halogens is 1.